The lowest BCUT2D eigenvalue weighted by atomic mass is 10.1. The zero-order chi connectivity index (χ0) is 15.1. The van der Waals surface area contributed by atoms with Crippen molar-refractivity contribution in [3.63, 3.8) is 0 Å². The fraction of sp³-hybridized carbons (Fsp3) is 0.278. The molecule has 21 heavy (non-hydrogen) atoms. The van der Waals surface area contributed by atoms with E-state index in [4.69, 9.17) is 9.47 Å². The number of carbonyl (C=O) groups is 1. The van der Waals surface area contributed by atoms with Gasteiger partial charge in [-0.05, 0) is 43.2 Å². The van der Waals surface area contributed by atoms with E-state index in [1.807, 2.05) is 43.3 Å². The zero-order valence-corrected chi connectivity index (χ0v) is 12.5. The first-order valence-electron chi connectivity index (χ1n) is 7.21. The minimum absolute atomic E-state index is 0.0112. The van der Waals surface area contributed by atoms with Gasteiger partial charge >= 0.3 is 0 Å². The van der Waals surface area contributed by atoms with Crippen LogP contribution in [0.1, 0.15) is 29.8 Å². The number of Topliss-reactive ketones (excluding diaryl/α,β-unsaturated/α-hetero) is 1. The fourth-order valence-electron chi connectivity index (χ4n) is 2.06. The minimum atomic E-state index is -0.0825. The summed E-state index contributed by atoms with van der Waals surface area (Å²) in [5, 5.41) is 0. The van der Waals surface area contributed by atoms with Gasteiger partial charge in [-0.25, -0.2) is 0 Å². The van der Waals surface area contributed by atoms with Gasteiger partial charge in [-0.1, -0.05) is 31.2 Å². The van der Waals surface area contributed by atoms with E-state index in [1.54, 1.807) is 12.1 Å². The van der Waals surface area contributed by atoms with Crippen molar-refractivity contribution in [2.75, 3.05) is 13.2 Å². The molecule has 0 aliphatic carbocycles. The quantitative estimate of drug-likeness (QED) is 0.723. The van der Waals surface area contributed by atoms with Gasteiger partial charge in [-0.15, -0.1) is 0 Å². The van der Waals surface area contributed by atoms with Crippen LogP contribution in [-0.4, -0.2) is 19.0 Å². The van der Waals surface area contributed by atoms with Gasteiger partial charge in [-0.3, -0.25) is 4.79 Å². The summed E-state index contributed by atoms with van der Waals surface area (Å²) in [5.74, 6) is 1.24. The first-order chi connectivity index (χ1) is 10.2. The van der Waals surface area contributed by atoms with E-state index in [1.165, 1.54) is 5.56 Å². The molecule has 0 heterocycles. The van der Waals surface area contributed by atoms with Gasteiger partial charge in [0, 0.05) is 0 Å². The first kappa shape index (κ1) is 15.1. The molecule has 2 rings (SSSR count). The molecule has 0 saturated heterocycles. The Morgan fingerprint density at radius 2 is 1.81 bits per heavy atom. The number of hydrogen-bond donors (Lipinski definition) is 0. The first-order valence-corrected chi connectivity index (χ1v) is 7.21. The summed E-state index contributed by atoms with van der Waals surface area (Å²) in [6.45, 7) is 4.53. The highest BCUT2D eigenvalue weighted by molar-refractivity contribution is 5.99. The number of para-hydroxylation sites is 1. The molecule has 0 fully saturated rings. The number of ketones is 1. The molecule has 0 aliphatic rings. The highest BCUT2D eigenvalue weighted by Crippen LogP contribution is 2.19. The van der Waals surface area contributed by atoms with Crippen LogP contribution in [0.25, 0.3) is 0 Å². The van der Waals surface area contributed by atoms with Crippen molar-refractivity contribution in [1.29, 1.82) is 0 Å². The molecule has 3 heteroatoms. The largest absolute Gasteiger partial charge is 0.493 e. The van der Waals surface area contributed by atoms with Crippen molar-refractivity contribution in [2.24, 2.45) is 0 Å². The van der Waals surface area contributed by atoms with Crippen LogP contribution in [0.4, 0.5) is 0 Å². The van der Waals surface area contributed by atoms with Crippen LogP contribution in [0.15, 0.2) is 48.5 Å². The number of aryl methyl sites for hydroxylation is 1. The van der Waals surface area contributed by atoms with Crippen LogP contribution in [0, 0.1) is 0 Å². The minimum Gasteiger partial charge on any atom is -0.493 e. The van der Waals surface area contributed by atoms with Gasteiger partial charge in [0.15, 0.2) is 6.61 Å². The Labute approximate surface area is 125 Å². The third-order valence-corrected chi connectivity index (χ3v) is 3.16. The van der Waals surface area contributed by atoms with Crippen LogP contribution >= 0.6 is 0 Å². The Kier molecular flexibility index (Phi) is 5.38. The maximum atomic E-state index is 12.3. The van der Waals surface area contributed by atoms with Crippen molar-refractivity contribution >= 4 is 5.78 Å². The number of rotatable bonds is 7. The average molecular weight is 284 g/mol. The summed E-state index contributed by atoms with van der Waals surface area (Å²) in [7, 11) is 0. The lowest BCUT2D eigenvalue weighted by molar-refractivity contribution is 0.0917. The highest BCUT2D eigenvalue weighted by Gasteiger charge is 2.12. The van der Waals surface area contributed by atoms with E-state index >= 15 is 0 Å². The van der Waals surface area contributed by atoms with Crippen LogP contribution < -0.4 is 9.47 Å². The van der Waals surface area contributed by atoms with E-state index in [0.717, 1.165) is 12.2 Å². The topological polar surface area (TPSA) is 35.5 Å². The van der Waals surface area contributed by atoms with Crippen LogP contribution in [0.2, 0.25) is 0 Å². The van der Waals surface area contributed by atoms with Crippen LogP contribution in [0.5, 0.6) is 11.5 Å². The number of ether oxygens (including phenoxy) is 2. The summed E-state index contributed by atoms with van der Waals surface area (Å²) in [6.07, 6.45) is 0.943. The van der Waals surface area contributed by atoms with E-state index in [2.05, 4.69) is 6.92 Å². The molecule has 0 aromatic heterocycles. The van der Waals surface area contributed by atoms with Gasteiger partial charge in [0.1, 0.15) is 11.5 Å². The molecule has 0 bridgehead atoms. The number of hydrogen-bond acceptors (Lipinski definition) is 3. The molecule has 0 N–H and O–H groups in total. The van der Waals surface area contributed by atoms with Crippen LogP contribution in [-0.2, 0) is 6.42 Å². The van der Waals surface area contributed by atoms with Crippen molar-refractivity contribution in [1.82, 2.24) is 0 Å². The van der Waals surface area contributed by atoms with Gasteiger partial charge in [0.25, 0.3) is 0 Å². The van der Waals surface area contributed by atoms with Gasteiger partial charge in [0.05, 0.1) is 12.2 Å². The Balaban J connectivity index is 2.04. The van der Waals surface area contributed by atoms with Gasteiger partial charge < -0.3 is 9.47 Å². The second-order valence-electron chi connectivity index (χ2n) is 4.64. The summed E-state index contributed by atoms with van der Waals surface area (Å²) in [5.41, 5.74) is 1.75. The summed E-state index contributed by atoms with van der Waals surface area (Å²) in [4.78, 5) is 12.3. The molecule has 0 atom stereocenters. The van der Waals surface area contributed by atoms with Crippen molar-refractivity contribution < 1.29 is 14.3 Å². The second-order valence-corrected chi connectivity index (χ2v) is 4.64. The monoisotopic (exact) mass is 284 g/mol. The smallest absolute Gasteiger partial charge is 0.203 e. The Morgan fingerprint density at radius 3 is 2.57 bits per heavy atom. The maximum Gasteiger partial charge on any atom is 0.203 e. The maximum absolute atomic E-state index is 12.3. The normalized spacial score (nSPS) is 10.2. The molecule has 0 aliphatic heterocycles. The lowest BCUT2D eigenvalue weighted by Gasteiger charge is -2.10. The third kappa shape index (κ3) is 4.09. The summed E-state index contributed by atoms with van der Waals surface area (Å²) >= 11 is 0. The molecule has 2 aromatic rings. The summed E-state index contributed by atoms with van der Waals surface area (Å²) in [6, 6.07) is 15.0. The van der Waals surface area contributed by atoms with Gasteiger partial charge in [-0.2, -0.15) is 0 Å². The zero-order valence-electron chi connectivity index (χ0n) is 12.5. The molecule has 3 nitrogen and oxygen atoms in total. The molecule has 2 aromatic carbocycles. The molecular formula is C18H20O3. The Hall–Kier alpha value is -2.29. The Morgan fingerprint density at radius 1 is 1.00 bits per heavy atom. The highest BCUT2D eigenvalue weighted by atomic mass is 16.5. The van der Waals surface area contributed by atoms with Gasteiger partial charge in [0.2, 0.25) is 5.78 Å². The SMILES string of the molecule is CCOc1ccccc1C(=O)COc1cccc(CC)c1. The molecule has 0 spiro atoms. The van der Waals surface area contributed by atoms with Crippen molar-refractivity contribution in [2.45, 2.75) is 20.3 Å². The predicted molar refractivity (Wildman–Crippen MR) is 83.3 cm³/mol. The molecular weight excluding hydrogens is 264 g/mol. The fourth-order valence-corrected chi connectivity index (χ4v) is 2.06. The molecule has 0 amide bonds. The Bertz CT molecular complexity index is 605. The molecule has 0 radical (unpaired) electrons. The van der Waals surface area contributed by atoms with Crippen molar-refractivity contribution in [3.8, 4) is 11.5 Å². The predicted octanol–water partition coefficient (Wildman–Crippen LogP) is 3.91. The van der Waals surface area contributed by atoms with E-state index in [-0.39, 0.29) is 12.4 Å². The van der Waals surface area contributed by atoms with Crippen molar-refractivity contribution in [3.05, 3.63) is 59.7 Å². The van der Waals surface area contributed by atoms with E-state index in [0.29, 0.717) is 17.9 Å². The number of benzene rings is 2. The lowest BCUT2D eigenvalue weighted by Crippen LogP contribution is -2.13. The second kappa shape index (κ2) is 7.48. The third-order valence-electron chi connectivity index (χ3n) is 3.16. The molecule has 0 unspecified atom stereocenters. The van der Waals surface area contributed by atoms with E-state index in [9.17, 15) is 4.79 Å². The molecule has 110 valence electrons. The van der Waals surface area contributed by atoms with E-state index < -0.39 is 0 Å². The number of carbonyl (C=O) groups excluding carboxylic acids is 1. The standard InChI is InChI=1S/C18H20O3/c1-3-14-8-7-9-15(12-14)21-13-17(19)16-10-5-6-11-18(16)20-4-2/h5-12H,3-4,13H2,1-2H3. The molecule has 0 saturated carbocycles. The van der Waals surface area contributed by atoms with Crippen LogP contribution in [0.3, 0.4) is 0 Å². The summed E-state index contributed by atoms with van der Waals surface area (Å²) < 4.78 is 11.1. The average Bonchev–Trinajstić information content (AvgIpc) is 2.53.